The van der Waals surface area contributed by atoms with E-state index in [1.54, 1.807) is 26.0 Å². The number of hydrogen-bond acceptors (Lipinski definition) is 3. The molecule has 0 aliphatic carbocycles. The summed E-state index contributed by atoms with van der Waals surface area (Å²) in [4.78, 5) is 22.5. The van der Waals surface area contributed by atoms with Crippen molar-refractivity contribution in [1.29, 1.82) is 0 Å². The molecule has 0 aliphatic heterocycles. The number of hydrogen-bond donors (Lipinski definition) is 2. The molecule has 0 aromatic heterocycles. The average molecular weight is 268 g/mol. The van der Waals surface area contributed by atoms with Gasteiger partial charge in [-0.2, -0.15) is 0 Å². The standard InChI is InChI=1S/C13H17FN2O3/c1-13(2,9-5-4-6-10(14)7-9)16-12(18)15-8-11(17)19-3/h4-7H,8H2,1-3H3,(H2,15,16,18). The van der Waals surface area contributed by atoms with Crippen molar-refractivity contribution >= 4 is 12.0 Å². The zero-order chi connectivity index (χ0) is 14.5. The molecule has 1 aromatic rings. The Labute approximate surface area is 111 Å². The van der Waals surface area contributed by atoms with Gasteiger partial charge in [0, 0.05) is 0 Å². The van der Waals surface area contributed by atoms with E-state index in [1.807, 2.05) is 0 Å². The molecule has 1 aromatic carbocycles. The number of amides is 2. The first-order chi connectivity index (χ1) is 8.85. The molecule has 19 heavy (non-hydrogen) atoms. The Balaban J connectivity index is 2.64. The van der Waals surface area contributed by atoms with E-state index in [0.29, 0.717) is 5.56 Å². The van der Waals surface area contributed by atoms with Gasteiger partial charge in [-0.1, -0.05) is 12.1 Å². The molecule has 5 nitrogen and oxygen atoms in total. The van der Waals surface area contributed by atoms with Crippen LogP contribution in [0.3, 0.4) is 0 Å². The third kappa shape index (κ3) is 4.57. The summed E-state index contributed by atoms with van der Waals surface area (Å²) in [6, 6.07) is 5.43. The van der Waals surface area contributed by atoms with Gasteiger partial charge in [-0.3, -0.25) is 4.79 Å². The molecule has 0 bridgehead atoms. The molecule has 0 radical (unpaired) electrons. The van der Waals surface area contributed by atoms with Gasteiger partial charge in [-0.05, 0) is 31.5 Å². The van der Waals surface area contributed by atoms with Crippen molar-refractivity contribution in [3.8, 4) is 0 Å². The summed E-state index contributed by atoms with van der Waals surface area (Å²) in [5, 5.41) is 5.01. The minimum absolute atomic E-state index is 0.221. The highest BCUT2D eigenvalue weighted by Crippen LogP contribution is 2.20. The SMILES string of the molecule is COC(=O)CNC(=O)NC(C)(C)c1cccc(F)c1. The first kappa shape index (κ1) is 14.9. The second-order valence-corrected chi connectivity index (χ2v) is 4.52. The fraction of sp³-hybridized carbons (Fsp3) is 0.385. The van der Waals surface area contributed by atoms with Gasteiger partial charge in [0.1, 0.15) is 12.4 Å². The number of carbonyl (C=O) groups excluding carboxylic acids is 2. The van der Waals surface area contributed by atoms with Crippen molar-refractivity contribution < 1.29 is 18.7 Å². The number of ether oxygens (including phenoxy) is 1. The maximum absolute atomic E-state index is 13.1. The Morgan fingerprint density at radius 1 is 1.37 bits per heavy atom. The lowest BCUT2D eigenvalue weighted by Crippen LogP contribution is -2.47. The third-order valence-electron chi connectivity index (χ3n) is 2.59. The van der Waals surface area contributed by atoms with Crippen LogP contribution in [0.15, 0.2) is 24.3 Å². The summed E-state index contributed by atoms with van der Waals surface area (Å²) in [5.41, 5.74) is -0.136. The van der Waals surface area contributed by atoms with Crippen LogP contribution in [0.4, 0.5) is 9.18 Å². The van der Waals surface area contributed by atoms with Crippen molar-refractivity contribution in [3.05, 3.63) is 35.6 Å². The van der Waals surface area contributed by atoms with Gasteiger partial charge in [-0.25, -0.2) is 9.18 Å². The Morgan fingerprint density at radius 3 is 2.63 bits per heavy atom. The number of nitrogens with one attached hydrogen (secondary N) is 2. The van der Waals surface area contributed by atoms with Crippen LogP contribution in [0.2, 0.25) is 0 Å². The van der Waals surface area contributed by atoms with Crippen LogP contribution in [0.25, 0.3) is 0 Å². The maximum Gasteiger partial charge on any atom is 0.325 e. The molecule has 0 unspecified atom stereocenters. The Bertz CT molecular complexity index is 475. The lowest BCUT2D eigenvalue weighted by molar-refractivity contribution is -0.139. The van der Waals surface area contributed by atoms with Gasteiger partial charge in [0.15, 0.2) is 0 Å². The van der Waals surface area contributed by atoms with Crippen molar-refractivity contribution in [3.63, 3.8) is 0 Å². The van der Waals surface area contributed by atoms with Gasteiger partial charge in [0.05, 0.1) is 12.6 Å². The van der Waals surface area contributed by atoms with Gasteiger partial charge < -0.3 is 15.4 Å². The van der Waals surface area contributed by atoms with E-state index < -0.39 is 17.5 Å². The minimum Gasteiger partial charge on any atom is -0.468 e. The monoisotopic (exact) mass is 268 g/mol. The summed E-state index contributed by atoms with van der Waals surface area (Å²) < 4.78 is 17.5. The number of halogens is 1. The Hall–Kier alpha value is -2.11. The summed E-state index contributed by atoms with van der Waals surface area (Å²) in [6.07, 6.45) is 0. The number of benzene rings is 1. The van der Waals surface area contributed by atoms with Crippen LogP contribution in [-0.4, -0.2) is 25.7 Å². The van der Waals surface area contributed by atoms with Crippen LogP contribution in [-0.2, 0) is 15.1 Å². The van der Waals surface area contributed by atoms with Gasteiger partial charge in [0.2, 0.25) is 0 Å². The third-order valence-corrected chi connectivity index (χ3v) is 2.59. The van der Waals surface area contributed by atoms with Crippen molar-refractivity contribution in [2.75, 3.05) is 13.7 Å². The van der Waals surface area contributed by atoms with E-state index in [9.17, 15) is 14.0 Å². The maximum atomic E-state index is 13.1. The molecule has 0 saturated heterocycles. The number of carbonyl (C=O) groups is 2. The fourth-order valence-electron chi connectivity index (χ4n) is 1.50. The first-order valence-corrected chi connectivity index (χ1v) is 5.74. The van der Waals surface area contributed by atoms with Crippen LogP contribution >= 0.6 is 0 Å². The highest BCUT2D eigenvalue weighted by Gasteiger charge is 2.23. The Morgan fingerprint density at radius 2 is 2.05 bits per heavy atom. The van der Waals surface area contributed by atoms with Gasteiger partial charge in [-0.15, -0.1) is 0 Å². The molecule has 2 amide bonds. The predicted octanol–water partition coefficient (Wildman–Crippen LogP) is 1.53. The second kappa shape index (κ2) is 6.17. The molecule has 0 fully saturated rings. The minimum atomic E-state index is -0.762. The number of methoxy groups -OCH3 is 1. The molecular formula is C13H17FN2O3. The normalized spacial score (nSPS) is 10.7. The number of urea groups is 1. The molecular weight excluding hydrogens is 251 g/mol. The van der Waals surface area contributed by atoms with Gasteiger partial charge in [0.25, 0.3) is 0 Å². The summed E-state index contributed by atoms with van der Waals surface area (Å²) >= 11 is 0. The summed E-state index contributed by atoms with van der Waals surface area (Å²) in [5.74, 6) is -0.916. The largest absolute Gasteiger partial charge is 0.468 e. The molecule has 6 heteroatoms. The molecule has 0 saturated carbocycles. The van der Waals surface area contributed by atoms with E-state index in [1.165, 1.54) is 19.2 Å². The van der Waals surface area contributed by atoms with E-state index in [2.05, 4.69) is 15.4 Å². The second-order valence-electron chi connectivity index (χ2n) is 4.52. The molecule has 0 heterocycles. The molecule has 2 N–H and O–H groups in total. The fourth-order valence-corrected chi connectivity index (χ4v) is 1.50. The highest BCUT2D eigenvalue weighted by molar-refractivity contribution is 5.81. The zero-order valence-corrected chi connectivity index (χ0v) is 11.1. The predicted molar refractivity (Wildman–Crippen MR) is 68.0 cm³/mol. The van der Waals surface area contributed by atoms with Crippen molar-refractivity contribution in [2.45, 2.75) is 19.4 Å². The first-order valence-electron chi connectivity index (χ1n) is 5.74. The zero-order valence-electron chi connectivity index (χ0n) is 11.1. The molecule has 0 atom stereocenters. The molecule has 104 valence electrons. The van der Waals surface area contributed by atoms with Crippen molar-refractivity contribution in [2.24, 2.45) is 0 Å². The van der Waals surface area contributed by atoms with Crippen molar-refractivity contribution in [1.82, 2.24) is 10.6 Å². The topological polar surface area (TPSA) is 67.4 Å². The van der Waals surface area contributed by atoms with Gasteiger partial charge >= 0.3 is 12.0 Å². The van der Waals surface area contributed by atoms with E-state index >= 15 is 0 Å². The molecule has 0 spiro atoms. The molecule has 1 rings (SSSR count). The number of esters is 1. The van der Waals surface area contributed by atoms with E-state index in [0.717, 1.165) is 0 Å². The lowest BCUT2D eigenvalue weighted by Gasteiger charge is -2.27. The number of rotatable bonds is 4. The highest BCUT2D eigenvalue weighted by atomic mass is 19.1. The summed E-state index contributed by atoms with van der Waals surface area (Å²) in [7, 11) is 1.23. The van der Waals surface area contributed by atoms with Crippen LogP contribution in [0, 0.1) is 5.82 Å². The lowest BCUT2D eigenvalue weighted by atomic mass is 9.94. The summed E-state index contributed by atoms with van der Waals surface area (Å²) in [6.45, 7) is 3.25. The Kier molecular flexibility index (Phi) is 4.86. The van der Waals surface area contributed by atoms with Crippen LogP contribution in [0.1, 0.15) is 19.4 Å². The van der Waals surface area contributed by atoms with E-state index in [-0.39, 0.29) is 12.4 Å². The molecule has 0 aliphatic rings. The average Bonchev–Trinajstić information content (AvgIpc) is 2.35. The quantitative estimate of drug-likeness (QED) is 0.814. The van der Waals surface area contributed by atoms with Crippen LogP contribution in [0.5, 0.6) is 0 Å². The van der Waals surface area contributed by atoms with Crippen LogP contribution < -0.4 is 10.6 Å². The smallest absolute Gasteiger partial charge is 0.325 e. The van der Waals surface area contributed by atoms with E-state index in [4.69, 9.17) is 0 Å².